The van der Waals surface area contributed by atoms with Crippen LogP contribution in [0.1, 0.15) is 49.7 Å². The van der Waals surface area contributed by atoms with Gasteiger partial charge in [-0.05, 0) is 42.8 Å². The molecule has 0 radical (unpaired) electrons. The standard InChI is InChI=1S/C22H28N2O2S/c1-15(2)22(26)24(16(3)4)14-20(25)23-12-10-19-18(11-13-27-19)21(23)17-8-6-5-7-9-17/h5-9,11,13,15-16,21H,10,12,14H2,1-4H3. The molecule has 27 heavy (non-hydrogen) atoms. The molecular formula is C22H28N2O2S. The van der Waals surface area contributed by atoms with E-state index < -0.39 is 0 Å². The van der Waals surface area contributed by atoms with Crippen LogP contribution in [0.3, 0.4) is 0 Å². The maximum atomic E-state index is 13.3. The Hall–Kier alpha value is -2.14. The van der Waals surface area contributed by atoms with Gasteiger partial charge in [0.15, 0.2) is 0 Å². The van der Waals surface area contributed by atoms with Crippen LogP contribution < -0.4 is 0 Å². The number of carbonyl (C=O) groups excluding carboxylic acids is 2. The van der Waals surface area contributed by atoms with E-state index in [4.69, 9.17) is 0 Å². The van der Waals surface area contributed by atoms with E-state index in [2.05, 4.69) is 23.6 Å². The molecule has 0 saturated carbocycles. The highest BCUT2D eigenvalue weighted by molar-refractivity contribution is 7.10. The zero-order valence-corrected chi connectivity index (χ0v) is 17.3. The predicted octanol–water partition coefficient (Wildman–Crippen LogP) is 4.12. The van der Waals surface area contributed by atoms with Crippen LogP contribution in [0.2, 0.25) is 0 Å². The van der Waals surface area contributed by atoms with Gasteiger partial charge in [0, 0.05) is 23.4 Å². The quantitative estimate of drug-likeness (QED) is 0.778. The lowest BCUT2D eigenvalue weighted by Gasteiger charge is -2.38. The minimum atomic E-state index is -0.116. The van der Waals surface area contributed by atoms with Gasteiger partial charge in [-0.25, -0.2) is 0 Å². The first kappa shape index (κ1) is 19.6. The van der Waals surface area contributed by atoms with E-state index >= 15 is 0 Å². The van der Waals surface area contributed by atoms with E-state index in [-0.39, 0.29) is 36.4 Å². The Morgan fingerprint density at radius 2 is 1.85 bits per heavy atom. The van der Waals surface area contributed by atoms with E-state index in [1.165, 1.54) is 10.4 Å². The molecule has 1 aliphatic rings. The third-order valence-electron chi connectivity index (χ3n) is 5.11. The van der Waals surface area contributed by atoms with E-state index in [1.807, 2.05) is 50.8 Å². The Labute approximate surface area is 165 Å². The van der Waals surface area contributed by atoms with Gasteiger partial charge in [-0.1, -0.05) is 44.2 Å². The Morgan fingerprint density at radius 3 is 2.48 bits per heavy atom. The van der Waals surface area contributed by atoms with Gasteiger partial charge in [0.25, 0.3) is 0 Å². The first-order valence-electron chi connectivity index (χ1n) is 9.61. The molecule has 0 spiro atoms. The summed E-state index contributed by atoms with van der Waals surface area (Å²) in [5.74, 6) is -0.0683. The second-order valence-corrected chi connectivity index (χ2v) is 8.66. The number of hydrogen-bond donors (Lipinski definition) is 0. The SMILES string of the molecule is CC(C)C(=O)N(CC(=O)N1CCc2sccc2C1c1ccccc1)C(C)C. The number of carbonyl (C=O) groups is 2. The van der Waals surface area contributed by atoms with Crippen molar-refractivity contribution in [2.45, 2.75) is 46.2 Å². The maximum absolute atomic E-state index is 13.3. The van der Waals surface area contributed by atoms with Gasteiger partial charge in [0.05, 0.1) is 6.04 Å². The normalized spacial score (nSPS) is 16.5. The van der Waals surface area contributed by atoms with Crippen LogP contribution in [0.5, 0.6) is 0 Å². The lowest BCUT2D eigenvalue weighted by atomic mass is 9.93. The number of thiophene rings is 1. The second kappa shape index (κ2) is 8.26. The van der Waals surface area contributed by atoms with Crippen molar-refractivity contribution >= 4 is 23.2 Å². The average Bonchev–Trinajstić information content (AvgIpc) is 3.13. The first-order chi connectivity index (χ1) is 12.9. The van der Waals surface area contributed by atoms with Gasteiger partial charge >= 0.3 is 0 Å². The van der Waals surface area contributed by atoms with Gasteiger partial charge in [-0.2, -0.15) is 0 Å². The number of benzene rings is 1. The lowest BCUT2D eigenvalue weighted by molar-refractivity contribution is -0.145. The van der Waals surface area contributed by atoms with Crippen molar-refractivity contribution in [2.24, 2.45) is 5.92 Å². The van der Waals surface area contributed by atoms with Crippen molar-refractivity contribution in [3.8, 4) is 0 Å². The molecule has 1 unspecified atom stereocenters. The third kappa shape index (κ3) is 4.08. The van der Waals surface area contributed by atoms with E-state index in [0.717, 1.165) is 12.0 Å². The molecule has 0 fully saturated rings. The molecule has 1 aromatic heterocycles. The van der Waals surface area contributed by atoms with Gasteiger partial charge in [0.1, 0.15) is 6.54 Å². The minimum absolute atomic E-state index is 0.000485. The van der Waals surface area contributed by atoms with Crippen molar-refractivity contribution in [3.05, 3.63) is 57.8 Å². The molecule has 0 N–H and O–H groups in total. The summed E-state index contributed by atoms with van der Waals surface area (Å²) < 4.78 is 0. The van der Waals surface area contributed by atoms with Crippen LogP contribution in [0.4, 0.5) is 0 Å². The Balaban J connectivity index is 1.90. The zero-order valence-electron chi connectivity index (χ0n) is 16.5. The summed E-state index contributed by atoms with van der Waals surface area (Å²) >= 11 is 1.76. The zero-order chi connectivity index (χ0) is 19.6. The number of nitrogens with zero attached hydrogens (tertiary/aromatic N) is 2. The summed E-state index contributed by atoms with van der Waals surface area (Å²) in [4.78, 5) is 30.9. The van der Waals surface area contributed by atoms with Crippen molar-refractivity contribution in [3.63, 3.8) is 0 Å². The Morgan fingerprint density at radius 1 is 1.15 bits per heavy atom. The topological polar surface area (TPSA) is 40.6 Å². The molecule has 4 nitrogen and oxygen atoms in total. The van der Waals surface area contributed by atoms with Crippen LogP contribution in [0.25, 0.3) is 0 Å². The average molecular weight is 385 g/mol. The summed E-state index contributed by atoms with van der Waals surface area (Å²) in [6.07, 6.45) is 0.877. The molecule has 0 bridgehead atoms. The summed E-state index contributed by atoms with van der Waals surface area (Å²) in [6.45, 7) is 8.52. The molecule has 1 atom stereocenters. The summed E-state index contributed by atoms with van der Waals surface area (Å²) in [5, 5.41) is 2.11. The van der Waals surface area contributed by atoms with Crippen molar-refractivity contribution in [1.82, 2.24) is 9.80 Å². The smallest absolute Gasteiger partial charge is 0.243 e. The number of hydrogen-bond acceptors (Lipinski definition) is 3. The predicted molar refractivity (Wildman–Crippen MR) is 110 cm³/mol. The fraction of sp³-hybridized carbons (Fsp3) is 0.455. The highest BCUT2D eigenvalue weighted by atomic mass is 32.1. The summed E-state index contributed by atoms with van der Waals surface area (Å²) in [5.41, 5.74) is 2.34. The molecular weight excluding hydrogens is 356 g/mol. The third-order valence-corrected chi connectivity index (χ3v) is 6.10. The van der Waals surface area contributed by atoms with Crippen molar-refractivity contribution in [2.75, 3.05) is 13.1 Å². The molecule has 2 amide bonds. The molecule has 1 aliphatic heterocycles. The van der Waals surface area contributed by atoms with Gasteiger partial charge in [0.2, 0.25) is 11.8 Å². The summed E-state index contributed by atoms with van der Waals surface area (Å²) in [7, 11) is 0. The van der Waals surface area contributed by atoms with Crippen LogP contribution in [0, 0.1) is 5.92 Å². The number of fused-ring (bicyclic) bond motifs is 1. The van der Waals surface area contributed by atoms with E-state index in [1.54, 1.807) is 16.2 Å². The number of rotatable bonds is 5. The lowest BCUT2D eigenvalue weighted by Crippen LogP contribution is -2.49. The van der Waals surface area contributed by atoms with Crippen molar-refractivity contribution in [1.29, 1.82) is 0 Å². The largest absolute Gasteiger partial charge is 0.331 e. The fourth-order valence-electron chi connectivity index (χ4n) is 3.66. The van der Waals surface area contributed by atoms with Crippen molar-refractivity contribution < 1.29 is 9.59 Å². The van der Waals surface area contributed by atoms with Crippen LogP contribution in [-0.4, -0.2) is 40.7 Å². The molecule has 1 aromatic carbocycles. The minimum Gasteiger partial charge on any atom is -0.331 e. The van der Waals surface area contributed by atoms with E-state index in [9.17, 15) is 9.59 Å². The van der Waals surface area contributed by atoms with Crippen LogP contribution in [0.15, 0.2) is 41.8 Å². The second-order valence-electron chi connectivity index (χ2n) is 7.66. The highest BCUT2D eigenvalue weighted by Crippen LogP contribution is 2.37. The Kier molecular flexibility index (Phi) is 6.00. The first-order valence-corrected chi connectivity index (χ1v) is 10.5. The van der Waals surface area contributed by atoms with Crippen LogP contribution >= 0.6 is 11.3 Å². The maximum Gasteiger partial charge on any atom is 0.243 e. The monoisotopic (exact) mass is 384 g/mol. The Bertz CT molecular complexity index is 798. The molecule has 5 heteroatoms. The molecule has 0 aliphatic carbocycles. The van der Waals surface area contributed by atoms with Crippen LogP contribution in [-0.2, 0) is 16.0 Å². The molecule has 2 aromatic rings. The summed E-state index contributed by atoms with van der Waals surface area (Å²) in [6, 6.07) is 12.3. The van der Waals surface area contributed by atoms with Gasteiger partial charge in [-0.15, -0.1) is 11.3 Å². The molecule has 2 heterocycles. The number of amides is 2. The molecule has 0 saturated heterocycles. The van der Waals surface area contributed by atoms with E-state index in [0.29, 0.717) is 6.54 Å². The van der Waals surface area contributed by atoms with Gasteiger partial charge in [-0.3, -0.25) is 9.59 Å². The molecule has 144 valence electrons. The van der Waals surface area contributed by atoms with Gasteiger partial charge < -0.3 is 9.80 Å². The fourth-order valence-corrected chi connectivity index (χ4v) is 4.57. The molecule has 3 rings (SSSR count). The highest BCUT2D eigenvalue weighted by Gasteiger charge is 2.34.